The standard InChI is InChI=1S/C16H20N2O2/c1-10(15-9-11-2-3-13(15)8-11)17-18-16(20)12-4-6-14(19)7-5-12/h4-7,11,13,15,19H,2-3,8-9H2,1H3,(H,18,20)/b17-10-/t11-,13-,15-/m0/s1. The zero-order valence-corrected chi connectivity index (χ0v) is 11.7. The summed E-state index contributed by atoms with van der Waals surface area (Å²) in [5.74, 6) is 2.13. The quantitative estimate of drug-likeness (QED) is 0.656. The van der Waals surface area contributed by atoms with Crippen molar-refractivity contribution in [3.05, 3.63) is 29.8 Å². The summed E-state index contributed by atoms with van der Waals surface area (Å²) in [6.45, 7) is 2.02. The summed E-state index contributed by atoms with van der Waals surface area (Å²) in [5.41, 5.74) is 4.17. The summed E-state index contributed by atoms with van der Waals surface area (Å²) in [6, 6.07) is 6.18. The second-order valence-corrected chi connectivity index (χ2v) is 6.02. The molecule has 0 saturated heterocycles. The Hall–Kier alpha value is -1.84. The van der Waals surface area contributed by atoms with Crippen LogP contribution in [0.3, 0.4) is 0 Å². The van der Waals surface area contributed by atoms with Crippen LogP contribution in [0.1, 0.15) is 43.0 Å². The van der Waals surface area contributed by atoms with Crippen LogP contribution in [-0.4, -0.2) is 16.7 Å². The zero-order valence-electron chi connectivity index (χ0n) is 11.7. The highest BCUT2D eigenvalue weighted by atomic mass is 16.3. The molecule has 2 aliphatic carbocycles. The summed E-state index contributed by atoms with van der Waals surface area (Å²) < 4.78 is 0. The second kappa shape index (κ2) is 5.27. The van der Waals surface area contributed by atoms with Gasteiger partial charge in [0, 0.05) is 17.2 Å². The number of aromatic hydroxyl groups is 1. The van der Waals surface area contributed by atoms with Crippen molar-refractivity contribution in [1.82, 2.24) is 5.43 Å². The number of benzene rings is 1. The van der Waals surface area contributed by atoms with Gasteiger partial charge >= 0.3 is 0 Å². The molecule has 0 unspecified atom stereocenters. The van der Waals surface area contributed by atoms with Gasteiger partial charge in [0.25, 0.3) is 5.91 Å². The average molecular weight is 272 g/mol. The molecule has 0 radical (unpaired) electrons. The minimum atomic E-state index is -0.229. The number of rotatable bonds is 3. The summed E-state index contributed by atoms with van der Waals surface area (Å²) >= 11 is 0. The average Bonchev–Trinajstić information content (AvgIpc) is 3.08. The van der Waals surface area contributed by atoms with Crippen LogP contribution in [0.15, 0.2) is 29.4 Å². The van der Waals surface area contributed by atoms with E-state index in [0.717, 1.165) is 17.5 Å². The fourth-order valence-electron chi connectivity index (χ4n) is 3.66. The Morgan fingerprint density at radius 3 is 2.60 bits per heavy atom. The molecule has 106 valence electrons. The van der Waals surface area contributed by atoms with Crippen LogP contribution in [0.4, 0.5) is 0 Å². The van der Waals surface area contributed by atoms with E-state index in [0.29, 0.717) is 11.5 Å². The monoisotopic (exact) mass is 272 g/mol. The number of nitrogens with zero attached hydrogens (tertiary/aromatic N) is 1. The van der Waals surface area contributed by atoms with E-state index < -0.39 is 0 Å². The van der Waals surface area contributed by atoms with Gasteiger partial charge in [-0.15, -0.1) is 0 Å². The number of hydrogen-bond donors (Lipinski definition) is 2. The fraction of sp³-hybridized carbons (Fsp3) is 0.500. The van der Waals surface area contributed by atoms with Crippen LogP contribution in [0, 0.1) is 17.8 Å². The molecule has 3 rings (SSSR count). The molecule has 2 N–H and O–H groups in total. The Kier molecular flexibility index (Phi) is 3.47. The molecule has 4 heteroatoms. The van der Waals surface area contributed by atoms with Crippen LogP contribution < -0.4 is 5.43 Å². The lowest BCUT2D eigenvalue weighted by Crippen LogP contribution is -2.24. The number of hydrogen-bond acceptors (Lipinski definition) is 3. The van der Waals surface area contributed by atoms with E-state index in [4.69, 9.17) is 0 Å². The molecule has 0 aromatic heterocycles. The molecular formula is C16H20N2O2. The van der Waals surface area contributed by atoms with Crippen LogP contribution >= 0.6 is 0 Å². The highest BCUT2D eigenvalue weighted by Crippen LogP contribution is 2.48. The fourth-order valence-corrected chi connectivity index (χ4v) is 3.66. The topological polar surface area (TPSA) is 61.7 Å². The molecule has 1 aromatic carbocycles. The van der Waals surface area contributed by atoms with E-state index in [1.807, 2.05) is 6.92 Å². The minimum Gasteiger partial charge on any atom is -0.508 e. The second-order valence-electron chi connectivity index (χ2n) is 6.02. The molecule has 20 heavy (non-hydrogen) atoms. The summed E-state index contributed by atoms with van der Waals surface area (Å²) in [6.07, 6.45) is 5.25. The van der Waals surface area contributed by atoms with Crippen LogP contribution in [-0.2, 0) is 0 Å². The first-order chi connectivity index (χ1) is 9.63. The van der Waals surface area contributed by atoms with Crippen LogP contribution in [0.2, 0.25) is 0 Å². The number of carbonyl (C=O) groups is 1. The van der Waals surface area contributed by atoms with Crippen molar-refractivity contribution in [2.75, 3.05) is 0 Å². The predicted molar refractivity (Wildman–Crippen MR) is 77.6 cm³/mol. The maximum absolute atomic E-state index is 11.9. The van der Waals surface area contributed by atoms with Gasteiger partial charge in [0.1, 0.15) is 5.75 Å². The van der Waals surface area contributed by atoms with E-state index in [-0.39, 0.29) is 11.7 Å². The normalized spacial score (nSPS) is 28.6. The zero-order chi connectivity index (χ0) is 14.1. The Balaban J connectivity index is 1.61. The van der Waals surface area contributed by atoms with Gasteiger partial charge in [-0.2, -0.15) is 5.10 Å². The smallest absolute Gasteiger partial charge is 0.271 e. The lowest BCUT2D eigenvalue weighted by Gasteiger charge is -2.21. The van der Waals surface area contributed by atoms with Gasteiger partial charge in [-0.3, -0.25) is 4.79 Å². The third kappa shape index (κ3) is 2.55. The molecule has 4 nitrogen and oxygen atoms in total. The summed E-state index contributed by atoms with van der Waals surface area (Å²) in [4.78, 5) is 11.9. The van der Waals surface area contributed by atoms with Gasteiger partial charge in [-0.25, -0.2) is 5.43 Å². The molecule has 3 atom stereocenters. The number of carbonyl (C=O) groups excluding carboxylic acids is 1. The van der Waals surface area contributed by atoms with Gasteiger partial charge in [-0.1, -0.05) is 6.42 Å². The maximum Gasteiger partial charge on any atom is 0.271 e. The minimum absolute atomic E-state index is 0.156. The Morgan fingerprint density at radius 2 is 2.00 bits per heavy atom. The number of phenols is 1. The highest BCUT2D eigenvalue weighted by molar-refractivity contribution is 5.95. The molecule has 2 aliphatic rings. The van der Waals surface area contributed by atoms with E-state index in [9.17, 15) is 9.90 Å². The maximum atomic E-state index is 11.9. The van der Waals surface area contributed by atoms with E-state index in [1.165, 1.54) is 37.8 Å². The summed E-state index contributed by atoms with van der Waals surface area (Å²) in [7, 11) is 0. The van der Waals surface area contributed by atoms with E-state index in [2.05, 4.69) is 10.5 Å². The largest absolute Gasteiger partial charge is 0.508 e. The highest BCUT2D eigenvalue weighted by Gasteiger charge is 2.40. The van der Waals surface area contributed by atoms with Gasteiger partial charge in [-0.05, 0) is 62.3 Å². The third-order valence-corrected chi connectivity index (χ3v) is 4.74. The molecule has 0 spiro atoms. The van der Waals surface area contributed by atoms with Crippen LogP contribution in [0.5, 0.6) is 5.75 Å². The number of amides is 1. The number of hydrazone groups is 1. The van der Waals surface area contributed by atoms with Gasteiger partial charge in [0.05, 0.1) is 0 Å². The molecule has 2 saturated carbocycles. The van der Waals surface area contributed by atoms with Gasteiger partial charge in [0.15, 0.2) is 0 Å². The van der Waals surface area contributed by atoms with Crippen molar-refractivity contribution < 1.29 is 9.90 Å². The first-order valence-electron chi connectivity index (χ1n) is 7.27. The number of phenolic OH excluding ortho intramolecular Hbond substituents is 1. The first-order valence-corrected chi connectivity index (χ1v) is 7.27. The SMILES string of the molecule is C/C(=N/NC(=O)c1ccc(O)cc1)[C@@H]1C[C@H]2CC[C@H]1C2. The lowest BCUT2D eigenvalue weighted by atomic mass is 9.86. The number of nitrogens with one attached hydrogen (secondary N) is 1. The van der Waals surface area contributed by atoms with E-state index in [1.54, 1.807) is 12.1 Å². The Morgan fingerprint density at radius 1 is 1.25 bits per heavy atom. The Labute approximate surface area is 118 Å². The predicted octanol–water partition coefficient (Wildman–Crippen LogP) is 2.93. The van der Waals surface area contributed by atoms with Crippen molar-refractivity contribution in [3.8, 4) is 5.75 Å². The molecule has 0 aliphatic heterocycles. The molecular weight excluding hydrogens is 252 g/mol. The molecule has 1 aromatic rings. The number of fused-ring (bicyclic) bond motifs is 2. The first kappa shape index (κ1) is 13.2. The molecule has 0 heterocycles. The van der Waals surface area contributed by atoms with Crippen molar-refractivity contribution >= 4 is 11.6 Å². The van der Waals surface area contributed by atoms with Crippen LogP contribution in [0.25, 0.3) is 0 Å². The van der Waals surface area contributed by atoms with Crippen molar-refractivity contribution in [3.63, 3.8) is 0 Å². The van der Waals surface area contributed by atoms with E-state index >= 15 is 0 Å². The molecule has 2 bridgehead atoms. The molecule has 1 amide bonds. The third-order valence-electron chi connectivity index (χ3n) is 4.74. The molecule has 2 fully saturated rings. The Bertz CT molecular complexity index is 536. The van der Waals surface area contributed by atoms with Crippen molar-refractivity contribution in [2.45, 2.75) is 32.6 Å². The summed E-state index contributed by atoms with van der Waals surface area (Å²) in [5, 5.41) is 13.5. The van der Waals surface area contributed by atoms with Crippen molar-refractivity contribution in [1.29, 1.82) is 0 Å². The van der Waals surface area contributed by atoms with Crippen molar-refractivity contribution in [2.24, 2.45) is 22.9 Å². The lowest BCUT2D eigenvalue weighted by molar-refractivity contribution is 0.0954. The van der Waals surface area contributed by atoms with Gasteiger partial charge < -0.3 is 5.11 Å². The van der Waals surface area contributed by atoms with Gasteiger partial charge in [0.2, 0.25) is 0 Å².